The van der Waals surface area contributed by atoms with E-state index in [4.69, 9.17) is 4.74 Å². The molecule has 1 N–H and O–H groups in total. The Morgan fingerprint density at radius 1 is 1.38 bits per heavy atom. The zero-order valence-electron chi connectivity index (χ0n) is 16.2. The lowest BCUT2D eigenvalue weighted by atomic mass is 9.85. The number of nitrogens with zero attached hydrogens (tertiary/aromatic N) is 3. The van der Waals surface area contributed by atoms with Gasteiger partial charge in [-0.05, 0) is 18.3 Å². The van der Waals surface area contributed by atoms with E-state index in [2.05, 4.69) is 31.1 Å². The fourth-order valence-corrected chi connectivity index (χ4v) is 3.85. The fourth-order valence-electron chi connectivity index (χ4n) is 3.85. The molecule has 7 nitrogen and oxygen atoms in total. The second-order valence-electron chi connectivity index (χ2n) is 8.68. The van der Waals surface area contributed by atoms with Crippen LogP contribution in [0.15, 0.2) is 6.20 Å². The Kier molecular flexibility index (Phi) is 5.37. The maximum Gasteiger partial charge on any atom is 0.272 e. The highest BCUT2D eigenvalue weighted by molar-refractivity contribution is 5.93. The molecule has 3 heterocycles. The largest absolute Gasteiger partial charge is 0.372 e. The van der Waals surface area contributed by atoms with Gasteiger partial charge in [0.1, 0.15) is 18.1 Å². The molecule has 0 spiro atoms. The Morgan fingerprint density at radius 2 is 2.15 bits per heavy atom. The van der Waals surface area contributed by atoms with E-state index < -0.39 is 0 Å². The summed E-state index contributed by atoms with van der Waals surface area (Å²) in [4.78, 5) is 31.4. The van der Waals surface area contributed by atoms with Crippen LogP contribution in [0.4, 0.5) is 0 Å². The van der Waals surface area contributed by atoms with Crippen molar-refractivity contribution in [1.82, 2.24) is 19.8 Å². The Labute approximate surface area is 155 Å². The van der Waals surface area contributed by atoms with Crippen molar-refractivity contribution < 1.29 is 14.3 Å². The minimum atomic E-state index is -0.0263. The van der Waals surface area contributed by atoms with E-state index in [1.165, 1.54) is 0 Å². The molecule has 3 rings (SSSR count). The van der Waals surface area contributed by atoms with E-state index >= 15 is 0 Å². The summed E-state index contributed by atoms with van der Waals surface area (Å²) in [5.41, 5.74) is 0.746. The van der Waals surface area contributed by atoms with Crippen molar-refractivity contribution >= 4 is 11.8 Å². The number of ether oxygens (including phenoxy) is 1. The molecule has 0 bridgehead atoms. The van der Waals surface area contributed by atoms with Crippen LogP contribution in [0.1, 0.15) is 56.8 Å². The van der Waals surface area contributed by atoms with Crippen LogP contribution in [-0.2, 0) is 22.7 Å². The molecule has 0 aromatic carbocycles. The molecule has 0 saturated carbocycles. The molecule has 2 aliphatic heterocycles. The first-order valence-electron chi connectivity index (χ1n) is 9.46. The van der Waals surface area contributed by atoms with E-state index in [9.17, 15) is 9.59 Å². The minimum Gasteiger partial charge on any atom is -0.372 e. The van der Waals surface area contributed by atoms with Crippen molar-refractivity contribution in [3.63, 3.8) is 0 Å². The lowest BCUT2D eigenvalue weighted by molar-refractivity contribution is -0.126. The number of hydrogen-bond acceptors (Lipinski definition) is 4. The molecule has 2 aliphatic rings. The first kappa shape index (κ1) is 18.9. The maximum absolute atomic E-state index is 12.8. The van der Waals surface area contributed by atoms with Crippen LogP contribution in [0.2, 0.25) is 0 Å². The fraction of sp³-hybridized carbons (Fsp3) is 0.737. The number of hydrogen-bond donors (Lipinski definition) is 1. The number of nitrogens with one attached hydrogen (secondary N) is 1. The molecule has 26 heavy (non-hydrogen) atoms. The van der Waals surface area contributed by atoms with Crippen LogP contribution >= 0.6 is 0 Å². The molecule has 1 aromatic rings. The predicted octanol–water partition coefficient (Wildman–Crippen LogP) is 1.82. The van der Waals surface area contributed by atoms with Gasteiger partial charge in [-0.25, -0.2) is 4.98 Å². The van der Waals surface area contributed by atoms with Crippen molar-refractivity contribution in [3.05, 3.63) is 17.7 Å². The Bertz CT molecular complexity index is 677. The van der Waals surface area contributed by atoms with Gasteiger partial charge in [0, 0.05) is 31.6 Å². The molecule has 1 saturated heterocycles. The van der Waals surface area contributed by atoms with Crippen LogP contribution in [0.3, 0.4) is 0 Å². The quantitative estimate of drug-likeness (QED) is 0.886. The lowest BCUT2D eigenvalue weighted by Crippen LogP contribution is -2.41. The third kappa shape index (κ3) is 4.26. The van der Waals surface area contributed by atoms with E-state index in [1.807, 2.05) is 16.4 Å². The van der Waals surface area contributed by atoms with E-state index in [0.717, 1.165) is 18.7 Å². The first-order valence-corrected chi connectivity index (χ1v) is 9.46. The number of imidazole rings is 1. The Morgan fingerprint density at radius 3 is 2.88 bits per heavy atom. The molecule has 0 aliphatic carbocycles. The van der Waals surface area contributed by atoms with Gasteiger partial charge in [-0.2, -0.15) is 0 Å². The van der Waals surface area contributed by atoms with Gasteiger partial charge in [0.15, 0.2) is 0 Å². The van der Waals surface area contributed by atoms with E-state index in [-0.39, 0.29) is 29.2 Å². The van der Waals surface area contributed by atoms with Crippen molar-refractivity contribution in [1.29, 1.82) is 0 Å². The summed E-state index contributed by atoms with van der Waals surface area (Å²) in [6.07, 6.45) is 3.28. The van der Waals surface area contributed by atoms with Gasteiger partial charge in [-0.15, -0.1) is 0 Å². The van der Waals surface area contributed by atoms with Crippen LogP contribution < -0.4 is 5.32 Å². The van der Waals surface area contributed by atoms with Gasteiger partial charge in [-0.3, -0.25) is 9.59 Å². The minimum absolute atomic E-state index is 0.00913. The molecule has 2 unspecified atom stereocenters. The molecular formula is C19H30N4O3. The molecule has 1 fully saturated rings. The summed E-state index contributed by atoms with van der Waals surface area (Å²) < 4.78 is 7.32. The van der Waals surface area contributed by atoms with Gasteiger partial charge in [-0.1, -0.05) is 27.7 Å². The monoisotopic (exact) mass is 362 g/mol. The normalized spacial score (nSPS) is 21.4. The zero-order valence-corrected chi connectivity index (χ0v) is 16.2. The number of rotatable bonds is 4. The summed E-state index contributed by atoms with van der Waals surface area (Å²) in [6, 6.07) is 0.0287. The van der Waals surface area contributed by atoms with Gasteiger partial charge < -0.3 is 19.5 Å². The van der Waals surface area contributed by atoms with Gasteiger partial charge in [0.05, 0.1) is 12.8 Å². The lowest BCUT2D eigenvalue weighted by Gasteiger charge is -2.24. The summed E-state index contributed by atoms with van der Waals surface area (Å²) in [6.45, 7) is 11.3. The van der Waals surface area contributed by atoms with Crippen molar-refractivity contribution in [2.45, 2.75) is 59.7 Å². The van der Waals surface area contributed by atoms with Crippen LogP contribution in [0, 0.1) is 11.3 Å². The number of amides is 2. The van der Waals surface area contributed by atoms with E-state index in [1.54, 1.807) is 6.20 Å². The van der Waals surface area contributed by atoms with Crippen LogP contribution in [0.5, 0.6) is 0 Å². The smallest absolute Gasteiger partial charge is 0.272 e. The molecular weight excluding hydrogens is 332 g/mol. The molecule has 2 atom stereocenters. The predicted molar refractivity (Wildman–Crippen MR) is 97.6 cm³/mol. The SMILES string of the molecule is CC(CC(C)(C)C)C(=O)NC1CCN(C(=O)c2cnc3n2CCOC3)C1. The van der Waals surface area contributed by atoms with E-state index in [0.29, 0.717) is 38.5 Å². The highest BCUT2D eigenvalue weighted by atomic mass is 16.5. The standard InChI is InChI=1S/C19H30N4O3/c1-13(9-19(2,3)4)17(24)21-14-5-6-22(11-14)18(25)15-10-20-16-12-26-8-7-23(15)16/h10,13-14H,5-9,11-12H2,1-4H3,(H,21,24). The molecule has 1 aromatic heterocycles. The van der Waals surface area contributed by atoms with Crippen molar-refractivity contribution in [3.8, 4) is 0 Å². The zero-order chi connectivity index (χ0) is 18.9. The third-order valence-electron chi connectivity index (χ3n) is 5.04. The molecule has 0 radical (unpaired) electrons. The third-order valence-corrected chi connectivity index (χ3v) is 5.04. The topological polar surface area (TPSA) is 76.5 Å². The van der Waals surface area contributed by atoms with Crippen molar-refractivity contribution in [2.75, 3.05) is 19.7 Å². The average molecular weight is 362 g/mol. The summed E-state index contributed by atoms with van der Waals surface area (Å²) >= 11 is 0. The van der Waals surface area contributed by atoms with Crippen LogP contribution in [-0.4, -0.2) is 52.0 Å². The second kappa shape index (κ2) is 7.39. The highest BCUT2D eigenvalue weighted by Gasteiger charge is 2.32. The number of likely N-dealkylation sites (tertiary alicyclic amines) is 1. The summed E-state index contributed by atoms with van der Waals surface area (Å²) in [5, 5.41) is 3.12. The highest BCUT2D eigenvalue weighted by Crippen LogP contribution is 2.24. The van der Waals surface area contributed by atoms with Gasteiger partial charge in [0.25, 0.3) is 5.91 Å². The summed E-state index contributed by atoms with van der Waals surface area (Å²) in [5.74, 6) is 0.851. The number of carbonyl (C=O) groups is 2. The van der Waals surface area contributed by atoms with Gasteiger partial charge >= 0.3 is 0 Å². The Balaban J connectivity index is 1.56. The summed E-state index contributed by atoms with van der Waals surface area (Å²) in [7, 11) is 0. The van der Waals surface area contributed by atoms with Crippen LogP contribution in [0.25, 0.3) is 0 Å². The molecule has 144 valence electrons. The first-order chi connectivity index (χ1) is 12.2. The maximum atomic E-state index is 12.8. The van der Waals surface area contributed by atoms with Crippen molar-refractivity contribution in [2.24, 2.45) is 11.3 Å². The number of fused-ring (bicyclic) bond motifs is 1. The van der Waals surface area contributed by atoms with Gasteiger partial charge in [0.2, 0.25) is 5.91 Å². The average Bonchev–Trinajstić information content (AvgIpc) is 3.19. The molecule has 7 heteroatoms. The Hall–Kier alpha value is -1.89. The second-order valence-corrected chi connectivity index (χ2v) is 8.68. The number of carbonyl (C=O) groups excluding carboxylic acids is 2. The number of aromatic nitrogens is 2. The molecule has 2 amide bonds.